The molecule has 3 aromatic rings. The van der Waals surface area contributed by atoms with Gasteiger partial charge in [-0.05, 0) is 17.7 Å². The molecule has 9 heteroatoms. The molecule has 2 aromatic heterocycles. The van der Waals surface area contributed by atoms with Crippen molar-refractivity contribution in [2.45, 2.75) is 18.9 Å². The Morgan fingerprint density at radius 3 is 2.85 bits per heavy atom. The van der Waals surface area contributed by atoms with Crippen molar-refractivity contribution >= 4 is 17.5 Å². The van der Waals surface area contributed by atoms with Crippen LogP contribution in [0.3, 0.4) is 0 Å². The average molecular weight is 350 g/mol. The van der Waals surface area contributed by atoms with Crippen molar-refractivity contribution in [1.29, 1.82) is 0 Å². The quantitative estimate of drug-likeness (QED) is 0.726. The maximum absolute atomic E-state index is 12.6. The second-order valence-electron chi connectivity index (χ2n) is 5.69. The maximum atomic E-state index is 12.6. The van der Waals surface area contributed by atoms with Gasteiger partial charge in [0.1, 0.15) is 0 Å². The summed E-state index contributed by atoms with van der Waals surface area (Å²) in [4.78, 5) is 36.6. The van der Waals surface area contributed by atoms with Crippen LogP contribution in [0.5, 0.6) is 0 Å². The summed E-state index contributed by atoms with van der Waals surface area (Å²) in [6.45, 7) is 0.0545. The predicted molar refractivity (Wildman–Crippen MR) is 89.6 cm³/mol. The number of nitrogens with one attached hydrogen (secondary N) is 2. The zero-order chi connectivity index (χ0) is 17.9. The fourth-order valence-electron chi connectivity index (χ4n) is 2.76. The van der Waals surface area contributed by atoms with Gasteiger partial charge in [-0.25, -0.2) is 9.97 Å². The van der Waals surface area contributed by atoms with E-state index in [1.165, 1.54) is 0 Å². The van der Waals surface area contributed by atoms with E-state index in [2.05, 4.69) is 30.7 Å². The summed E-state index contributed by atoms with van der Waals surface area (Å²) in [6, 6.07) is 8.93. The van der Waals surface area contributed by atoms with Gasteiger partial charge in [0, 0.05) is 24.5 Å². The van der Waals surface area contributed by atoms with Crippen LogP contribution in [-0.2, 0) is 16.1 Å². The third kappa shape index (κ3) is 3.14. The molecule has 0 unspecified atom stereocenters. The van der Waals surface area contributed by atoms with Gasteiger partial charge in [0.05, 0.1) is 12.5 Å². The third-order valence-corrected chi connectivity index (χ3v) is 3.96. The average Bonchev–Trinajstić information content (AvgIpc) is 3.15. The van der Waals surface area contributed by atoms with Gasteiger partial charge in [-0.2, -0.15) is 4.98 Å². The highest BCUT2D eigenvalue weighted by Gasteiger charge is 2.30. The van der Waals surface area contributed by atoms with Crippen molar-refractivity contribution in [3.05, 3.63) is 54.2 Å². The van der Waals surface area contributed by atoms with Crippen LogP contribution >= 0.6 is 0 Å². The molecule has 0 bridgehead atoms. The minimum absolute atomic E-state index is 0.0545. The Morgan fingerprint density at radius 1 is 1.19 bits per heavy atom. The smallest absolute Gasteiger partial charge is 0.246 e. The van der Waals surface area contributed by atoms with Gasteiger partial charge < -0.3 is 15.2 Å². The number of nitrogens with zero attached hydrogens (tertiary/aromatic N) is 4. The van der Waals surface area contributed by atoms with E-state index in [-0.39, 0.29) is 36.5 Å². The first-order valence-corrected chi connectivity index (χ1v) is 7.97. The number of aromatic nitrogens is 4. The first kappa shape index (κ1) is 15.9. The number of carbonyl (C=O) groups is 2. The molecule has 0 aliphatic carbocycles. The van der Waals surface area contributed by atoms with Crippen molar-refractivity contribution in [3.63, 3.8) is 0 Å². The van der Waals surface area contributed by atoms with Crippen LogP contribution in [0, 0.1) is 0 Å². The van der Waals surface area contributed by atoms with Crippen molar-refractivity contribution < 1.29 is 14.1 Å². The lowest BCUT2D eigenvalue weighted by molar-refractivity contribution is -0.126. The highest BCUT2D eigenvalue weighted by molar-refractivity contribution is 6.01. The highest BCUT2D eigenvalue weighted by Crippen LogP contribution is 2.32. The SMILES string of the molecule is O=C1C[C@H](C(=O)NCc2nc(-c3ncccn3)no2)c2ccccc2N1. The van der Waals surface area contributed by atoms with E-state index in [1.807, 2.05) is 18.2 Å². The Labute approximate surface area is 147 Å². The molecule has 0 radical (unpaired) electrons. The number of rotatable bonds is 4. The van der Waals surface area contributed by atoms with Gasteiger partial charge in [0.25, 0.3) is 0 Å². The summed E-state index contributed by atoms with van der Waals surface area (Å²) < 4.78 is 5.11. The Morgan fingerprint density at radius 2 is 2.00 bits per heavy atom. The van der Waals surface area contributed by atoms with Gasteiger partial charge in [-0.1, -0.05) is 23.4 Å². The van der Waals surface area contributed by atoms with Gasteiger partial charge in [-0.15, -0.1) is 0 Å². The van der Waals surface area contributed by atoms with Crippen LogP contribution in [0.15, 0.2) is 47.2 Å². The summed E-state index contributed by atoms with van der Waals surface area (Å²) in [6.07, 6.45) is 3.24. The molecular weight excluding hydrogens is 336 g/mol. The minimum Gasteiger partial charge on any atom is -0.346 e. The second-order valence-corrected chi connectivity index (χ2v) is 5.69. The summed E-state index contributed by atoms with van der Waals surface area (Å²) in [5, 5.41) is 9.30. The second kappa shape index (κ2) is 6.71. The van der Waals surface area contributed by atoms with Crippen molar-refractivity contribution in [2.24, 2.45) is 0 Å². The molecular formula is C17H14N6O3. The zero-order valence-electron chi connectivity index (χ0n) is 13.5. The summed E-state index contributed by atoms with van der Waals surface area (Å²) in [5.74, 6) is -0.203. The monoisotopic (exact) mass is 350 g/mol. The van der Waals surface area contributed by atoms with Crippen molar-refractivity contribution in [2.75, 3.05) is 5.32 Å². The fraction of sp³-hybridized carbons (Fsp3) is 0.176. The number of amides is 2. The number of para-hydroxylation sites is 1. The van der Waals surface area contributed by atoms with Gasteiger partial charge in [0.2, 0.25) is 29.4 Å². The van der Waals surface area contributed by atoms with Crippen molar-refractivity contribution in [3.8, 4) is 11.6 Å². The molecule has 9 nitrogen and oxygen atoms in total. The molecule has 0 spiro atoms. The summed E-state index contributed by atoms with van der Waals surface area (Å²) in [5.41, 5.74) is 1.44. The number of fused-ring (bicyclic) bond motifs is 1. The molecule has 130 valence electrons. The molecule has 0 saturated carbocycles. The molecule has 1 aliphatic heterocycles. The molecule has 1 aromatic carbocycles. The number of hydrogen-bond donors (Lipinski definition) is 2. The maximum Gasteiger partial charge on any atom is 0.246 e. The fourth-order valence-corrected chi connectivity index (χ4v) is 2.76. The van der Waals surface area contributed by atoms with Crippen LogP contribution in [0.4, 0.5) is 5.69 Å². The number of carbonyl (C=O) groups excluding carboxylic acids is 2. The Hall–Kier alpha value is -3.62. The van der Waals surface area contributed by atoms with Crippen molar-refractivity contribution in [1.82, 2.24) is 25.4 Å². The van der Waals surface area contributed by atoms with E-state index in [4.69, 9.17) is 4.52 Å². The number of anilines is 1. The van der Waals surface area contributed by atoms with Gasteiger partial charge in [0.15, 0.2) is 0 Å². The topological polar surface area (TPSA) is 123 Å². The van der Waals surface area contributed by atoms with E-state index in [0.29, 0.717) is 11.5 Å². The van der Waals surface area contributed by atoms with E-state index in [1.54, 1.807) is 24.5 Å². The van der Waals surface area contributed by atoms with Gasteiger partial charge in [-0.3, -0.25) is 9.59 Å². The van der Waals surface area contributed by atoms with E-state index in [9.17, 15) is 9.59 Å². The standard InChI is InChI=1S/C17H14N6O3/c24-13-8-11(10-4-1-2-5-12(10)21-13)17(25)20-9-14-22-16(23-26-14)15-18-6-3-7-19-15/h1-7,11H,8-9H2,(H,20,25)(H,21,24)/t11-/m0/s1. The van der Waals surface area contributed by atoms with Gasteiger partial charge >= 0.3 is 0 Å². The Kier molecular flexibility index (Phi) is 4.10. The molecule has 0 saturated heterocycles. The van der Waals surface area contributed by atoms with Crippen LogP contribution in [0.25, 0.3) is 11.6 Å². The summed E-state index contributed by atoms with van der Waals surface area (Å²) in [7, 11) is 0. The molecule has 0 fully saturated rings. The lowest BCUT2D eigenvalue weighted by atomic mass is 9.90. The van der Waals surface area contributed by atoms with E-state index in [0.717, 1.165) is 5.56 Å². The molecule has 1 atom stereocenters. The van der Waals surface area contributed by atoms with Crippen LogP contribution in [0.1, 0.15) is 23.8 Å². The molecule has 1 aliphatic rings. The highest BCUT2D eigenvalue weighted by atomic mass is 16.5. The van der Waals surface area contributed by atoms with E-state index < -0.39 is 5.92 Å². The molecule has 26 heavy (non-hydrogen) atoms. The molecule has 2 N–H and O–H groups in total. The van der Waals surface area contributed by atoms with Crippen LogP contribution in [-0.4, -0.2) is 31.9 Å². The first-order valence-electron chi connectivity index (χ1n) is 7.97. The first-order chi connectivity index (χ1) is 12.7. The largest absolute Gasteiger partial charge is 0.346 e. The van der Waals surface area contributed by atoms with Crippen LogP contribution in [0.2, 0.25) is 0 Å². The predicted octanol–water partition coefficient (Wildman–Crippen LogP) is 1.27. The lowest BCUT2D eigenvalue weighted by Gasteiger charge is -2.24. The molecule has 3 heterocycles. The van der Waals surface area contributed by atoms with E-state index >= 15 is 0 Å². The Balaban J connectivity index is 1.45. The normalized spacial score (nSPS) is 15.8. The minimum atomic E-state index is -0.556. The third-order valence-electron chi connectivity index (χ3n) is 3.96. The zero-order valence-corrected chi connectivity index (χ0v) is 13.5. The molecule has 2 amide bonds. The lowest BCUT2D eigenvalue weighted by Crippen LogP contribution is -2.34. The summed E-state index contributed by atoms with van der Waals surface area (Å²) >= 11 is 0. The van der Waals surface area contributed by atoms with Crippen LogP contribution < -0.4 is 10.6 Å². The number of hydrogen-bond acceptors (Lipinski definition) is 7. The number of benzene rings is 1. The Bertz CT molecular complexity index is 956. The molecule has 4 rings (SSSR count).